The van der Waals surface area contributed by atoms with E-state index >= 15 is 0 Å². The molecule has 1 amide bonds. The van der Waals surface area contributed by atoms with Gasteiger partial charge in [-0.15, -0.1) is 0 Å². The highest BCUT2D eigenvalue weighted by molar-refractivity contribution is 6.74. The standard InChI is InChI=1S/C51H87NO11Si/c1-16-38-26-32(4)25-33(5)27-43(58-12)46-44(59-13)29-35(7)51(57,62-46)47(54)48(55)52-24-18-17-19-40(52)49(56)61-45(34(6)28-37-20-22-39(23-21-37)60-31(2)3)36(8)42(30-41(38)53)63-64(14,15)50(9,10)11/h26,28,31,33,35-40,42-46,57H,16-25,27,29-30H2,1-15H3. The largest absolute Gasteiger partial charge is 0.456 e. The Balaban J connectivity index is 1.86. The zero-order valence-electron chi connectivity index (χ0n) is 42.3. The molecule has 11 unspecified atom stereocenters. The van der Waals surface area contributed by atoms with Crippen molar-refractivity contribution in [2.45, 2.75) is 226 Å². The highest BCUT2D eigenvalue weighted by atomic mass is 28.4. The third kappa shape index (κ3) is 13.5. The molecule has 0 radical (unpaired) electrons. The Labute approximate surface area is 387 Å². The monoisotopic (exact) mass is 918 g/mol. The first-order valence-corrected chi connectivity index (χ1v) is 27.5. The van der Waals surface area contributed by atoms with Gasteiger partial charge in [0.15, 0.2) is 8.32 Å². The molecule has 366 valence electrons. The zero-order chi connectivity index (χ0) is 47.9. The quantitative estimate of drug-likeness (QED) is 0.102. The first kappa shape index (κ1) is 54.3. The average molecular weight is 918 g/mol. The molecule has 4 aliphatic rings. The van der Waals surface area contributed by atoms with Crippen LogP contribution in [0.1, 0.15) is 153 Å². The predicted octanol–water partition coefficient (Wildman–Crippen LogP) is 9.31. The van der Waals surface area contributed by atoms with Crippen LogP contribution in [0.2, 0.25) is 18.1 Å². The highest BCUT2D eigenvalue weighted by Gasteiger charge is 2.57. The van der Waals surface area contributed by atoms with Crippen molar-refractivity contribution in [2.75, 3.05) is 20.8 Å². The van der Waals surface area contributed by atoms with Crippen molar-refractivity contribution < 1.29 is 52.4 Å². The number of rotatable bonds is 9. The minimum absolute atomic E-state index is 0.0639. The summed E-state index contributed by atoms with van der Waals surface area (Å²) in [5, 5.41) is 12.0. The lowest BCUT2D eigenvalue weighted by Gasteiger charge is -2.47. The average Bonchev–Trinajstić information content (AvgIpc) is 3.23. The minimum Gasteiger partial charge on any atom is -0.456 e. The van der Waals surface area contributed by atoms with E-state index in [4.69, 9.17) is 28.1 Å². The fourth-order valence-corrected chi connectivity index (χ4v) is 11.7. The van der Waals surface area contributed by atoms with Crippen LogP contribution in [0.15, 0.2) is 23.3 Å². The normalized spacial score (nSPS) is 36.5. The molecule has 4 rings (SSSR count). The number of cyclic esters (lactones) is 1. The van der Waals surface area contributed by atoms with Gasteiger partial charge in [0.1, 0.15) is 24.0 Å². The summed E-state index contributed by atoms with van der Waals surface area (Å²) in [7, 11) is 0.641. The second-order valence-corrected chi connectivity index (χ2v) is 26.6. The van der Waals surface area contributed by atoms with Crippen molar-refractivity contribution in [2.24, 2.45) is 29.6 Å². The number of methoxy groups -OCH3 is 2. The van der Waals surface area contributed by atoms with Crippen LogP contribution in [-0.2, 0) is 47.3 Å². The molecule has 0 aromatic rings. The molecule has 1 saturated carbocycles. The van der Waals surface area contributed by atoms with Crippen LogP contribution in [0, 0.1) is 29.6 Å². The van der Waals surface area contributed by atoms with E-state index in [1.54, 1.807) is 21.1 Å². The molecular formula is C51H87NO11Si. The second-order valence-electron chi connectivity index (χ2n) is 21.8. The topological polar surface area (TPSA) is 147 Å². The lowest BCUT2D eigenvalue weighted by molar-refractivity contribution is -0.302. The summed E-state index contributed by atoms with van der Waals surface area (Å²) < 4.78 is 38.3. The fraction of sp³-hybridized carbons (Fsp3) is 0.843. The van der Waals surface area contributed by atoms with Crippen molar-refractivity contribution >= 4 is 31.8 Å². The van der Waals surface area contributed by atoms with Gasteiger partial charge in [-0.2, -0.15) is 0 Å². The van der Waals surface area contributed by atoms with Crippen LogP contribution in [0.3, 0.4) is 0 Å². The molecule has 64 heavy (non-hydrogen) atoms. The van der Waals surface area contributed by atoms with Gasteiger partial charge in [0.2, 0.25) is 5.79 Å². The van der Waals surface area contributed by atoms with Crippen molar-refractivity contribution in [3.63, 3.8) is 0 Å². The number of Topliss-reactive ketones (excluding diaryl/α,β-unsaturated/α-hetero) is 2. The molecule has 0 aromatic carbocycles. The number of aliphatic hydroxyl groups is 1. The molecule has 3 heterocycles. The molecule has 13 heteroatoms. The number of esters is 1. The maximum Gasteiger partial charge on any atom is 0.329 e. The maximum absolute atomic E-state index is 14.8. The van der Waals surface area contributed by atoms with E-state index < -0.39 is 80.2 Å². The van der Waals surface area contributed by atoms with Crippen LogP contribution in [-0.4, -0.2) is 117 Å². The highest BCUT2D eigenvalue weighted by Crippen LogP contribution is 2.42. The van der Waals surface area contributed by atoms with E-state index in [1.807, 2.05) is 20.8 Å². The van der Waals surface area contributed by atoms with E-state index in [9.17, 15) is 24.3 Å². The van der Waals surface area contributed by atoms with E-state index in [-0.39, 0.29) is 60.2 Å². The van der Waals surface area contributed by atoms with Gasteiger partial charge in [-0.1, -0.05) is 66.2 Å². The van der Waals surface area contributed by atoms with Crippen molar-refractivity contribution in [1.29, 1.82) is 0 Å². The van der Waals surface area contributed by atoms with Gasteiger partial charge < -0.3 is 38.1 Å². The molecule has 12 nitrogen and oxygen atoms in total. The van der Waals surface area contributed by atoms with Crippen molar-refractivity contribution in [3.05, 3.63) is 23.3 Å². The lowest BCUT2D eigenvalue weighted by atomic mass is 9.82. The number of carbonyl (C=O) groups excluding carboxylic acids is 4. The molecule has 0 spiro atoms. The number of hydrogen-bond acceptors (Lipinski definition) is 11. The van der Waals surface area contributed by atoms with Gasteiger partial charge in [0.05, 0.1) is 30.5 Å². The van der Waals surface area contributed by atoms with Gasteiger partial charge >= 0.3 is 5.97 Å². The Morgan fingerprint density at radius 2 is 1.58 bits per heavy atom. The third-order valence-electron chi connectivity index (χ3n) is 15.2. The molecule has 3 fully saturated rings. The van der Waals surface area contributed by atoms with Crippen LogP contribution >= 0.6 is 0 Å². The number of piperidine rings is 1. The summed E-state index contributed by atoms with van der Waals surface area (Å²) in [6, 6.07) is -1.07. The molecule has 1 aliphatic carbocycles. The first-order valence-electron chi connectivity index (χ1n) is 24.6. The summed E-state index contributed by atoms with van der Waals surface area (Å²) in [5.74, 6) is -6.39. The van der Waals surface area contributed by atoms with Crippen LogP contribution < -0.4 is 0 Å². The SMILES string of the molecule is CCC1C=C(C)CC(C)CC(OC)C2OC(O)(C(=O)C(=O)N3CCCCC3C(=O)OC(C(C)=CC3CCC(OC(C)C)CC3)C(C)C(O[Si](C)(C)C(C)(C)C)CC1=O)C(C)CC2OC. The Morgan fingerprint density at radius 3 is 2.16 bits per heavy atom. The first-order chi connectivity index (χ1) is 29.9. The number of carbonyl (C=O) groups is 4. The van der Waals surface area contributed by atoms with E-state index in [0.717, 1.165) is 36.8 Å². The zero-order valence-corrected chi connectivity index (χ0v) is 43.3. The molecular weight excluding hydrogens is 831 g/mol. The van der Waals surface area contributed by atoms with Crippen LogP contribution in [0.4, 0.5) is 0 Å². The molecule has 2 saturated heterocycles. The Morgan fingerprint density at radius 1 is 0.953 bits per heavy atom. The molecule has 0 aromatic heterocycles. The predicted molar refractivity (Wildman–Crippen MR) is 252 cm³/mol. The van der Waals surface area contributed by atoms with Gasteiger partial charge in [-0.3, -0.25) is 14.4 Å². The minimum atomic E-state index is -2.49. The van der Waals surface area contributed by atoms with Gasteiger partial charge in [-0.25, -0.2) is 4.79 Å². The van der Waals surface area contributed by atoms with Gasteiger partial charge in [0.25, 0.3) is 11.7 Å². The number of fused-ring (bicyclic) bond motifs is 3. The smallest absolute Gasteiger partial charge is 0.329 e. The number of ether oxygens (including phenoxy) is 5. The van der Waals surface area contributed by atoms with E-state index in [2.05, 4.69) is 73.7 Å². The number of hydrogen-bond donors (Lipinski definition) is 1. The van der Waals surface area contributed by atoms with Gasteiger partial charge in [-0.05, 0) is 134 Å². The van der Waals surface area contributed by atoms with Crippen molar-refractivity contribution in [1.82, 2.24) is 4.90 Å². The molecule has 2 bridgehead atoms. The summed E-state index contributed by atoms with van der Waals surface area (Å²) >= 11 is 0. The van der Waals surface area contributed by atoms with Gasteiger partial charge in [0, 0.05) is 44.9 Å². The maximum atomic E-state index is 14.8. The number of allylic oxidation sites excluding steroid dienone is 3. The molecule has 1 N–H and O–H groups in total. The van der Waals surface area contributed by atoms with Crippen LogP contribution in [0.25, 0.3) is 0 Å². The van der Waals surface area contributed by atoms with E-state index in [0.29, 0.717) is 38.5 Å². The summed E-state index contributed by atoms with van der Waals surface area (Å²) in [6.07, 6.45) is 8.80. The lowest BCUT2D eigenvalue weighted by Crippen LogP contribution is -2.64. The Bertz CT molecular complexity index is 1650. The van der Waals surface area contributed by atoms with Crippen molar-refractivity contribution in [3.8, 4) is 0 Å². The molecule has 11 atom stereocenters. The summed E-state index contributed by atoms with van der Waals surface area (Å²) in [6.45, 7) is 27.1. The Kier molecular flexibility index (Phi) is 19.7. The fourth-order valence-electron chi connectivity index (χ4n) is 10.3. The second kappa shape index (κ2) is 23.2. The number of nitrogens with zero attached hydrogens (tertiary/aromatic N) is 1. The Hall–Kier alpha value is -2.26. The summed E-state index contributed by atoms with van der Waals surface area (Å²) in [4.78, 5) is 59.7. The number of amides is 1. The third-order valence-corrected chi connectivity index (χ3v) is 19.7. The van der Waals surface area contributed by atoms with E-state index in [1.165, 1.54) is 4.90 Å². The van der Waals surface area contributed by atoms with Crippen LogP contribution in [0.5, 0.6) is 0 Å². The number of ketones is 2. The molecule has 3 aliphatic heterocycles. The summed E-state index contributed by atoms with van der Waals surface area (Å²) in [5.41, 5.74) is 1.94.